The SMILES string of the molecule is COc1ccc2nc3c(cc2c1)O[C@H]1CN(C(=O)[C@H](C(C)(C)C)NC(=O)O[C@@H]2[C@H]4CC[C@H](C4)[C@H]2CCCCC3(F)F)[C@H](C=O)[C@@H]1C. The van der Waals surface area contributed by atoms with Crippen LogP contribution in [0, 0.1) is 29.1 Å². The highest BCUT2D eigenvalue weighted by Gasteiger charge is 2.51. The molecule has 2 amide bonds. The van der Waals surface area contributed by atoms with Gasteiger partial charge >= 0.3 is 6.09 Å². The van der Waals surface area contributed by atoms with E-state index in [4.69, 9.17) is 14.2 Å². The molecule has 4 bridgehead atoms. The van der Waals surface area contributed by atoms with Gasteiger partial charge in [0.05, 0.1) is 25.2 Å². The normalized spacial score (nSPS) is 33.2. The standard InChI is InChI=1S/C35H45F2N3O6/c1-19-26(18-41)40-17-28(19)45-27-16-22-15-23(44-5)11-12-25(22)38-30(27)35(36,37)13-7-6-8-24-20-9-10-21(14-20)29(24)46-33(43)39-31(32(40)42)34(2,3)4/h11-12,15-16,18-21,24,26,28-29,31H,6-10,13-14,17H2,1-5H3,(H,39,43)/t19-,20+,21-,24+,26+,28-,29+,31+/m0/s1. The van der Waals surface area contributed by atoms with Gasteiger partial charge in [-0.2, -0.15) is 8.78 Å². The van der Waals surface area contributed by atoms with Crippen molar-refractivity contribution in [3.63, 3.8) is 0 Å². The summed E-state index contributed by atoms with van der Waals surface area (Å²) in [6, 6.07) is 4.72. The van der Waals surface area contributed by atoms with Crippen molar-refractivity contribution in [3.05, 3.63) is 30.0 Å². The Bertz CT molecular complexity index is 1490. The number of carbonyl (C=O) groups excluding carboxylic acids is 3. The van der Waals surface area contributed by atoms with Crippen LogP contribution < -0.4 is 14.8 Å². The van der Waals surface area contributed by atoms with Crippen LogP contribution in [0.5, 0.6) is 11.5 Å². The summed E-state index contributed by atoms with van der Waals surface area (Å²) in [6.45, 7) is 7.26. The Morgan fingerprint density at radius 1 is 1.09 bits per heavy atom. The molecular weight excluding hydrogens is 596 g/mol. The predicted molar refractivity (Wildman–Crippen MR) is 167 cm³/mol. The summed E-state index contributed by atoms with van der Waals surface area (Å²) in [4.78, 5) is 45.8. The largest absolute Gasteiger partial charge is 0.497 e. The smallest absolute Gasteiger partial charge is 0.408 e. The molecule has 4 aliphatic rings. The van der Waals surface area contributed by atoms with Crippen LogP contribution in [0.25, 0.3) is 10.9 Å². The minimum atomic E-state index is -3.29. The molecule has 3 heterocycles. The van der Waals surface area contributed by atoms with Gasteiger partial charge in [-0.05, 0) is 79.5 Å². The number of halogens is 2. The quantitative estimate of drug-likeness (QED) is 0.386. The van der Waals surface area contributed by atoms with Crippen molar-refractivity contribution in [2.75, 3.05) is 13.7 Å². The Labute approximate surface area is 268 Å². The molecule has 2 aromatic rings. The van der Waals surface area contributed by atoms with Crippen LogP contribution in [-0.4, -0.2) is 66.1 Å². The van der Waals surface area contributed by atoms with Crippen molar-refractivity contribution in [2.45, 2.75) is 103 Å². The Morgan fingerprint density at radius 3 is 2.57 bits per heavy atom. The lowest BCUT2D eigenvalue weighted by Crippen LogP contribution is -2.57. The van der Waals surface area contributed by atoms with Crippen LogP contribution in [0.15, 0.2) is 24.3 Å². The number of nitrogens with one attached hydrogen (secondary N) is 1. The molecule has 46 heavy (non-hydrogen) atoms. The zero-order valence-corrected chi connectivity index (χ0v) is 27.3. The maximum absolute atomic E-state index is 16.1. The number of amides is 2. The number of pyridine rings is 1. The van der Waals surface area contributed by atoms with E-state index in [0.29, 0.717) is 41.7 Å². The lowest BCUT2D eigenvalue weighted by molar-refractivity contribution is -0.139. The molecule has 1 aromatic carbocycles. The topological polar surface area (TPSA) is 107 Å². The molecule has 0 spiro atoms. The summed E-state index contributed by atoms with van der Waals surface area (Å²) in [7, 11) is 1.53. The number of hydrogen-bond donors (Lipinski definition) is 1. The number of ether oxygens (including phenoxy) is 3. The zero-order valence-electron chi connectivity index (χ0n) is 27.3. The highest BCUT2D eigenvalue weighted by atomic mass is 19.3. The van der Waals surface area contributed by atoms with Gasteiger partial charge in [0.25, 0.3) is 5.92 Å². The summed E-state index contributed by atoms with van der Waals surface area (Å²) in [5.74, 6) is -3.08. The van der Waals surface area contributed by atoms with Gasteiger partial charge in [0, 0.05) is 17.7 Å². The van der Waals surface area contributed by atoms with Crippen LogP contribution in [0.4, 0.5) is 13.6 Å². The van der Waals surface area contributed by atoms with Crippen LogP contribution in [0.1, 0.15) is 78.3 Å². The average molecular weight is 642 g/mol. The third kappa shape index (κ3) is 6.01. The number of fused-ring (bicyclic) bond motifs is 9. The maximum Gasteiger partial charge on any atom is 0.408 e. The Kier molecular flexibility index (Phi) is 8.65. The third-order valence-electron chi connectivity index (χ3n) is 10.8. The number of alkyl halides is 2. The van der Waals surface area contributed by atoms with Crippen molar-refractivity contribution in [2.24, 2.45) is 29.1 Å². The molecule has 1 aromatic heterocycles. The third-order valence-corrected chi connectivity index (χ3v) is 10.8. The number of alkyl carbamates (subject to hydrolysis) is 1. The van der Waals surface area contributed by atoms with E-state index >= 15 is 8.78 Å². The molecule has 9 nitrogen and oxygen atoms in total. The fourth-order valence-electron chi connectivity index (χ4n) is 8.22. The Morgan fingerprint density at radius 2 is 1.85 bits per heavy atom. The van der Waals surface area contributed by atoms with Crippen molar-refractivity contribution in [1.29, 1.82) is 0 Å². The lowest BCUT2D eigenvalue weighted by Gasteiger charge is -2.36. The molecule has 2 aliphatic carbocycles. The van der Waals surface area contributed by atoms with Crippen molar-refractivity contribution in [1.82, 2.24) is 15.2 Å². The molecule has 2 saturated carbocycles. The first-order valence-corrected chi connectivity index (χ1v) is 16.6. The first-order valence-electron chi connectivity index (χ1n) is 16.6. The van der Waals surface area contributed by atoms with Gasteiger partial charge in [-0.25, -0.2) is 9.78 Å². The van der Waals surface area contributed by atoms with Crippen LogP contribution in [0.3, 0.4) is 0 Å². The Hall–Kier alpha value is -3.50. The minimum absolute atomic E-state index is 0.0255. The van der Waals surface area contributed by atoms with Gasteiger partial charge in [-0.15, -0.1) is 0 Å². The summed E-state index contributed by atoms with van der Waals surface area (Å²) in [6.07, 6.45) is 3.00. The van der Waals surface area contributed by atoms with Gasteiger partial charge in [0.15, 0.2) is 5.69 Å². The van der Waals surface area contributed by atoms with E-state index in [9.17, 15) is 14.4 Å². The second kappa shape index (κ2) is 12.3. The molecule has 6 rings (SSSR count). The molecule has 11 heteroatoms. The summed E-state index contributed by atoms with van der Waals surface area (Å²) in [5, 5.41) is 3.42. The van der Waals surface area contributed by atoms with E-state index in [0.717, 1.165) is 19.3 Å². The van der Waals surface area contributed by atoms with E-state index in [-0.39, 0.29) is 36.7 Å². The van der Waals surface area contributed by atoms with Crippen molar-refractivity contribution < 1.29 is 37.4 Å². The van der Waals surface area contributed by atoms with Gasteiger partial charge in [0.2, 0.25) is 5.91 Å². The number of rotatable bonds is 2. The molecule has 250 valence electrons. The van der Waals surface area contributed by atoms with E-state index in [1.165, 1.54) is 12.0 Å². The summed E-state index contributed by atoms with van der Waals surface area (Å²) < 4.78 is 50.0. The van der Waals surface area contributed by atoms with E-state index in [1.54, 1.807) is 31.2 Å². The van der Waals surface area contributed by atoms with Gasteiger partial charge in [-0.3, -0.25) is 4.79 Å². The minimum Gasteiger partial charge on any atom is -0.497 e. The number of hydrogen-bond acceptors (Lipinski definition) is 7. The first-order chi connectivity index (χ1) is 21.8. The number of benzene rings is 1. The van der Waals surface area contributed by atoms with Crippen LogP contribution in [-0.2, 0) is 20.2 Å². The summed E-state index contributed by atoms with van der Waals surface area (Å²) >= 11 is 0. The molecule has 2 aliphatic heterocycles. The molecule has 1 saturated heterocycles. The number of carbonyl (C=O) groups is 3. The van der Waals surface area contributed by atoms with Gasteiger partial charge in [-0.1, -0.05) is 34.1 Å². The maximum atomic E-state index is 16.1. The first kappa shape index (κ1) is 32.4. The van der Waals surface area contributed by atoms with Crippen LogP contribution in [0.2, 0.25) is 0 Å². The fraction of sp³-hybridized carbons (Fsp3) is 0.657. The molecule has 0 radical (unpaired) electrons. The summed E-state index contributed by atoms with van der Waals surface area (Å²) in [5.41, 5.74) is -0.776. The van der Waals surface area contributed by atoms with Crippen molar-refractivity contribution >= 4 is 29.2 Å². The second-order valence-corrected chi connectivity index (χ2v) is 14.8. The molecule has 0 unspecified atom stereocenters. The van der Waals surface area contributed by atoms with Gasteiger partial charge < -0.3 is 29.2 Å². The van der Waals surface area contributed by atoms with E-state index in [2.05, 4.69) is 10.3 Å². The number of aldehydes is 1. The number of methoxy groups -OCH3 is 1. The predicted octanol–water partition coefficient (Wildman–Crippen LogP) is 6.26. The average Bonchev–Trinajstić information content (AvgIpc) is 3.70. The van der Waals surface area contributed by atoms with E-state index < -0.39 is 59.6 Å². The Balaban J connectivity index is 1.40. The molecule has 1 N–H and O–H groups in total. The number of aromatic nitrogens is 1. The fourth-order valence-corrected chi connectivity index (χ4v) is 8.22. The second-order valence-electron chi connectivity index (χ2n) is 14.8. The van der Waals surface area contributed by atoms with Crippen molar-refractivity contribution in [3.8, 4) is 11.5 Å². The monoisotopic (exact) mass is 641 g/mol. The van der Waals surface area contributed by atoms with Gasteiger partial charge in [0.1, 0.15) is 36.0 Å². The number of nitrogens with zero attached hydrogens (tertiary/aromatic N) is 2. The molecule has 3 fully saturated rings. The lowest BCUT2D eigenvalue weighted by atomic mass is 9.82. The zero-order chi connectivity index (χ0) is 33.0. The van der Waals surface area contributed by atoms with E-state index in [1.807, 2.05) is 20.8 Å². The molecule has 8 atom stereocenters. The highest BCUT2D eigenvalue weighted by Crippen LogP contribution is 2.52. The van der Waals surface area contributed by atoms with Crippen LogP contribution >= 0.6 is 0 Å². The molecular formula is C35H45F2N3O6. The highest BCUT2D eigenvalue weighted by molar-refractivity contribution is 5.89.